The second kappa shape index (κ2) is 6.32. The van der Waals surface area contributed by atoms with Gasteiger partial charge in [-0.1, -0.05) is 36.4 Å². The van der Waals surface area contributed by atoms with Crippen molar-refractivity contribution in [3.8, 4) is 5.75 Å². The second-order valence-corrected chi connectivity index (χ2v) is 5.03. The van der Waals surface area contributed by atoms with Crippen LogP contribution in [0.25, 0.3) is 23.1 Å². The molecule has 1 aromatic heterocycles. The number of ether oxygens (including phenoxy) is 1. The molecule has 0 spiro atoms. The monoisotopic (exact) mass is 305 g/mol. The molecule has 0 radical (unpaired) electrons. The van der Waals surface area contributed by atoms with Crippen molar-refractivity contribution >= 4 is 29.0 Å². The number of methoxy groups -OCH3 is 1. The summed E-state index contributed by atoms with van der Waals surface area (Å²) in [5.74, 6) is -0.380. The number of carboxylic acid groups (broad SMARTS) is 1. The summed E-state index contributed by atoms with van der Waals surface area (Å²) in [5, 5.41) is 10.0. The molecule has 1 N–H and O–H groups in total. The molecular weight excluding hydrogens is 290 g/mol. The van der Waals surface area contributed by atoms with Gasteiger partial charge in [-0.05, 0) is 35.9 Å². The van der Waals surface area contributed by atoms with Crippen LogP contribution in [-0.2, 0) is 0 Å². The van der Waals surface area contributed by atoms with Crippen LogP contribution in [0.15, 0.2) is 54.6 Å². The second-order valence-electron chi connectivity index (χ2n) is 5.03. The highest BCUT2D eigenvalue weighted by Gasteiger charge is 2.12. The average molecular weight is 305 g/mol. The van der Waals surface area contributed by atoms with Crippen molar-refractivity contribution in [3.63, 3.8) is 0 Å². The Morgan fingerprint density at radius 2 is 1.87 bits per heavy atom. The molecule has 0 saturated heterocycles. The summed E-state index contributed by atoms with van der Waals surface area (Å²) < 4.78 is 5.16. The first-order valence-corrected chi connectivity index (χ1v) is 7.12. The van der Waals surface area contributed by atoms with Crippen LogP contribution >= 0.6 is 0 Å². The molecule has 4 heteroatoms. The Labute approximate surface area is 133 Å². The van der Waals surface area contributed by atoms with Crippen LogP contribution in [0.4, 0.5) is 0 Å². The molecule has 0 atom stereocenters. The Bertz CT molecular complexity index is 886. The third-order valence-electron chi connectivity index (χ3n) is 3.51. The van der Waals surface area contributed by atoms with Gasteiger partial charge in [0.1, 0.15) is 5.75 Å². The van der Waals surface area contributed by atoms with Gasteiger partial charge in [-0.2, -0.15) is 0 Å². The van der Waals surface area contributed by atoms with Crippen LogP contribution < -0.4 is 4.74 Å². The minimum absolute atomic E-state index is 0.210. The lowest BCUT2D eigenvalue weighted by Crippen LogP contribution is -2.00. The molecule has 0 bridgehead atoms. The number of fused-ring (bicyclic) bond motifs is 1. The Balaban J connectivity index is 2.09. The summed E-state index contributed by atoms with van der Waals surface area (Å²) in [7, 11) is 1.55. The molecule has 0 fully saturated rings. The van der Waals surface area contributed by atoms with E-state index in [0.717, 1.165) is 5.56 Å². The number of aromatic nitrogens is 1. The number of benzene rings is 2. The van der Waals surface area contributed by atoms with Crippen LogP contribution in [0.2, 0.25) is 0 Å². The molecule has 4 nitrogen and oxygen atoms in total. The highest BCUT2D eigenvalue weighted by Crippen LogP contribution is 2.24. The van der Waals surface area contributed by atoms with E-state index in [1.165, 1.54) is 0 Å². The van der Waals surface area contributed by atoms with Crippen LogP contribution in [0.1, 0.15) is 21.6 Å². The molecule has 0 amide bonds. The van der Waals surface area contributed by atoms with E-state index in [4.69, 9.17) is 4.74 Å². The quantitative estimate of drug-likeness (QED) is 0.788. The Morgan fingerprint density at radius 3 is 2.57 bits per heavy atom. The molecule has 0 aliphatic heterocycles. The van der Waals surface area contributed by atoms with E-state index in [0.29, 0.717) is 22.3 Å². The molecule has 0 saturated carbocycles. The van der Waals surface area contributed by atoms with Gasteiger partial charge in [0.15, 0.2) is 0 Å². The number of hydrogen-bond donors (Lipinski definition) is 1. The lowest BCUT2D eigenvalue weighted by molar-refractivity contribution is 0.0699. The van der Waals surface area contributed by atoms with Crippen molar-refractivity contribution in [1.29, 1.82) is 0 Å². The van der Waals surface area contributed by atoms with Gasteiger partial charge in [0.25, 0.3) is 0 Å². The van der Waals surface area contributed by atoms with E-state index in [2.05, 4.69) is 4.98 Å². The molecule has 0 unspecified atom stereocenters. The highest BCUT2D eigenvalue weighted by molar-refractivity contribution is 6.03. The van der Waals surface area contributed by atoms with Crippen LogP contribution in [-0.4, -0.2) is 23.2 Å². The van der Waals surface area contributed by atoms with E-state index >= 15 is 0 Å². The normalized spacial score (nSPS) is 11.0. The highest BCUT2D eigenvalue weighted by atomic mass is 16.5. The third kappa shape index (κ3) is 3.21. The van der Waals surface area contributed by atoms with Crippen LogP contribution in [0, 0.1) is 0 Å². The summed E-state index contributed by atoms with van der Waals surface area (Å²) in [4.78, 5) is 16.1. The summed E-state index contributed by atoms with van der Waals surface area (Å²) in [5.41, 5.74) is 2.46. The Kier molecular flexibility index (Phi) is 4.06. The lowest BCUT2D eigenvalue weighted by atomic mass is 10.1. The first kappa shape index (κ1) is 14.8. The van der Waals surface area contributed by atoms with Crippen LogP contribution in [0.5, 0.6) is 5.75 Å². The zero-order chi connectivity index (χ0) is 16.2. The van der Waals surface area contributed by atoms with Crippen molar-refractivity contribution < 1.29 is 14.6 Å². The maximum atomic E-state index is 11.5. The van der Waals surface area contributed by atoms with Crippen LogP contribution in [0.3, 0.4) is 0 Å². The summed E-state index contributed by atoms with van der Waals surface area (Å²) in [6.07, 6.45) is 3.72. The molecule has 3 aromatic rings. The fraction of sp³-hybridized carbons (Fsp3) is 0.0526. The average Bonchev–Trinajstić information content (AvgIpc) is 2.59. The van der Waals surface area contributed by atoms with Gasteiger partial charge in [-0.3, -0.25) is 0 Å². The number of hydrogen-bond acceptors (Lipinski definition) is 3. The summed E-state index contributed by atoms with van der Waals surface area (Å²) in [6, 6.07) is 16.6. The van der Waals surface area contributed by atoms with Crippen molar-refractivity contribution in [2.75, 3.05) is 7.11 Å². The van der Waals surface area contributed by atoms with Crippen molar-refractivity contribution in [3.05, 3.63) is 71.4 Å². The molecular formula is C19H15NO3. The predicted octanol–water partition coefficient (Wildman–Crippen LogP) is 4.11. The molecule has 23 heavy (non-hydrogen) atoms. The zero-order valence-corrected chi connectivity index (χ0v) is 12.6. The summed E-state index contributed by atoms with van der Waals surface area (Å²) in [6.45, 7) is 0. The van der Waals surface area contributed by atoms with Crippen molar-refractivity contribution in [2.45, 2.75) is 0 Å². The van der Waals surface area contributed by atoms with Gasteiger partial charge in [-0.25, -0.2) is 9.78 Å². The fourth-order valence-corrected chi connectivity index (χ4v) is 2.36. The van der Waals surface area contributed by atoms with E-state index in [9.17, 15) is 9.90 Å². The van der Waals surface area contributed by atoms with Gasteiger partial charge in [0, 0.05) is 5.39 Å². The number of carboxylic acids is 1. The standard InChI is InChI=1S/C19H15NO3/c1-23-15-9-10-18-16(12-15)17(19(21)22)11-14(20-18)8-7-13-5-3-2-4-6-13/h2-12H,1H3,(H,21,22)/b8-7+. The van der Waals surface area contributed by atoms with Gasteiger partial charge in [-0.15, -0.1) is 0 Å². The van der Waals surface area contributed by atoms with E-state index in [1.54, 1.807) is 31.4 Å². The van der Waals surface area contributed by atoms with Gasteiger partial charge >= 0.3 is 5.97 Å². The van der Waals surface area contributed by atoms with Crippen molar-refractivity contribution in [2.24, 2.45) is 0 Å². The SMILES string of the molecule is COc1ccc2nc(/C=C/c3ccccc3)cc(C(=O)O)c2c1. The number of pyridine rings is 1. The summed E-state index contributed by atoms with van der Waals surface area (Å²) >= 11 is 0. The first-order chi connectivity index (χ1) is 11.2. The van der Waals surface area contributed by atoms with Gasteiger partial charge in [0.05, 0.1) is 23.9 Å². The molecule has 0 aliphatic carbocycles. The molecule has 2 aromatic carbocycles. The number of rotatable bonds is 4. The van der Waals surface area contributed by atoms with E-state index in [1.807, 2.05) is 42.5 Å². The number of nitrogens with zero attached hydrogens (tertiary/aromatic N) is 1. The van der Waals surface area contributed by atoms with Gasteiger partial charge < -0.3 is 9.84 Å². The molecule has 3 rings (SSSR count). The van der Waals surface area contributed by atoms with Gasteiger partial charge in [0.2, 0.25) is 0 Å². The minimum atomic E-state index is -0.986. The largest absolute Gasteiger partial charge is 0.497 e. The maximum absolute atomic E-state index is 11.5. The lowest BCUT2D eigenvalue weighted by Gasteiger charge is -2.06. The Morgan fingerprint density at radius 1 is 1.09 bits per heavy atom. The zero-order valence-electron chi connectivity index (χ0n) is 12.6. The Hall–Kier alpha value is -3.14. The predicted molar refractivity (Wildman–Crippen MR) is 90.6 cm³/mol. The number of carbonyl (C=O) groups is 1. The first-order valence-electron chi connectivity index (χ1n) is 7.12. The van der Waals surface area contributed by atoms with Crippen molar-refractivity contribution in [1.82, 2.24) is 4.98 Å². The number of aromatic carboxylic acids is 1. The molecule has 1 heterocycles. The molecule has 114 valence electrons. The fourth-order valence-electron chi connectivity index (χ4n) is 2.36. The van der Waals surface area contributed by atoms with E-state index in [-0.39, 0.29) is 5.56 Å². The maximum Gasteiger partial charge on any atom is 0.336 e. The molecule has 0 aliphatic rings. The minimum Gasteiger partial charge on any atom is -0.497 e. The third-order valence-corrected chi connectivity index (χ3v) is 3.51. The topological polar surface area (TPSA) is 59.4 Å². The van der Waals surface area contributed by atoms with E-state index < -0.39 is 5.97 Å². The smallest absolute Gasteiger partial charge is 0.336 e.